The number of hydrogen-bond acceptors (Lipinski definition) is 4. The maximum atomic E-state index is 12.9. The summed E-state index contributed by atoms with van der Waals surface area (Å²) in [6, 6.07) is 13.9. The van der Waals surface area contributed by atoms with E-state index in [1.165, 1.54) is 16.6 Å². The lowest BCUT2D eigenvalue weighted by atomic mass is 10.2. The number of nitrogens with one attached hydrogen (secondary N) is 1. The molecule has 1 fully saturated rings. The van der Waals surface area contributed by atoms with Gasteiger partial charge in [0.15, 0.2) is 0 Å². The maximum absolute atomic E-state index is 12.9. The van der Waals surface area contributed by atoms with Gasteiger partial charge in [-0.15, -0.1) is 0 Å². The molecule has 1 aliphatic rings. The van der Waals surface area contributed by atoms with Crippen LogP contribution in [0.1, 0.15) is 29.6 Å². The van der Waals surface area contributed by atoms with E-state index in [0.29, 0.717) is 24.3 Å². The molecule has 2 aromatic carbocycles. The van der Waals surface area contributed by atoms with E-state index in [4.69, 9.17) is 0 Å². The molecule has 0 unspecified atom stereocenters. The average molecular weight is 489 g/mol. The number of carbonyl (C=O) groups excluding carboxylic acids is 1. The SMILES string of the molecule is O=C(Nc1cccc(S(=O)(=O)N2CCCCC2)c1)c1cnn(-c2ccc(Br)cc2)c1. The first kappa shape index (κ1) is 20.8. The topological polar surface area (TPSA) is 84.3 Å². The highest BCUT2D eigenvalue weighted by Gasteiger charge is 2.26. The second-order valence-corrected chi connectivity index (χ2v) is 9.95. The number of halogens is 1. The molecular weight excluding hydrogens is 468 g/mol. The molecule has 0 aliphatic carbocycles. The second kappa shape index (κ2) is 8.71. The molecule has 30 heavy (non-hydrogen) atoms. The summed E-state index contributed by atoms with van der Waals surface area (Å²) in [6.45, 7) is 1.07. The smallest absolute Gasteiger partial charge is 0.258 e. The normalized spacial score (nSPS) is 15.1. The summed E-state index contributed by atoms with van der Waals surface area (Å²) in [5, 5.41) is 7.00. The van der Waals surface area contributed by atoms with Crippen LogP contribution in [-0.2, 0) is 10.0 Å². The molecule has 0 spiro atoms. The van der Waals surface area contributed by atoms with Crippen molar-refractivity contribution >= 4 is 37.5 Å². The van der Waals surface area contributed by atoms with Gasteiger partial charge in [-0.05, 0) is 55.3 Å². The lowest BCUT2D eigenvalue weighted by molar-refractivity contribution is 0.102. The number of carbonyl (C=O) groups is 1. The second-order valence-electron chi connectivity index (χ2n) is 7.10. The number of anilines is 1. The van der Waals surface area contributed by atoms with E-state index >= 15 is 0 Å². The number of nitrogens with zero attached hydrogens (tertiary/aromatic N) is 3. The van der Waals surface area contributed by atoms with E-state index in [2.05, 4.69) is 26.3 Å². The van der Waals surface area contributed by atoms with Gasteiger partial charge in [0.2, 0.25) is 10.0 Å². The van der Waals surface area contributed by atoms with Crippen LogP contribution in [0.2, 0.25) is 0 Å². The van der Waals surface area contributed by atoms with Crippen LogP contribution < -0.4 is 5.32 Å². The molecule has 3 aromatic rings. The predicted octanol–water partition coefficient (Wildman–Crippen LogP) is 4.06. The summed E-state index contributed by atoms with van der Waals surface area (Å²) < 4.78 is 29.8. The number of aromatic nitrogens is 2. The van der Waals surface area contributed by atoms with Gasteiger partial charge in [0.05, 0.1) is 22.3 Å². The first-order valence-electron chi connectivity index (χ1n) is 9.66. The molecule has 156 valence electrons. The summed E-state index contributed by atoms with van der Waals surface area (Å²) in [5.41, 5.74) is 1.63. The molecule has 0 radical (unpaired) electrons. The van der Waals surface area contributed by atoms with Gasteiger partial charge in [0, 0.05) is 29.4 Å². The molecule has 1 amide bonds. The van der Waals surface area contributed by atoms with Crippen LogP contribution in [0.15, 0.2) is 70.3 Å². The van der Waals surface area contributed by atoms with Gasteiger partial charge in [-0.2, -0.15) is 9.40 Å². The standard InChI is InChI=1S/C21H21BrN4O3S/c22-17-7-9-19(10-8-17)26-15-16(14-23-26)21(27)24-18-5-4-6-20(13-18)30(28,29)25-11-2-1-3-12-25/h4-10,13-15H,1-3,11-12H2,(H,24,27). The molecule has 0 atom stereocenters. The molecule has 7 nitrogen and oxygen atoms in total. The van der Waals surface area contributed by atoms with E-state index in [0.717, 1.165) is 29.4 Å². The zero-order valence-electron chi connectivity index (χ0n) is 16.2. The van der Waals surface area contributed by atoms with Crippen LogP contribution in [0.3, 0.4) is 0 Å². The first-order chi connectivity index (χ1) is 14.4. The van der Waals surface area contributed by atoms with Crippen molar-refractivity contribution in [3.8, 4) is 5.69 Å². The fourth-order valence-electron chi connectivity index (χ4n) is 3.37. The number of benzene rings is 2. The Kier molecular flexibility index (Phi) is 6.03. The van der Waals surface area contributed by atoms with Gasteiger partial charge >= 0.3 is 0 Å². The fourth-order valence-corrected chi connectivity index (χ4v) is 5.19. The Morgan fingerprint density at radius 1 is 1.03 bits per heavy atom. The quantitative estimate of drug-likeness (QED) is 0.586. The van der Waals surface area contributed by atoms with Crippen molar-refractivity contribution in [1.82, 2.24) is 14.1 Å². The Bertz CT molecular complexity index is 1150. The minimum absolute atomic E-state index is 0.188. The summed E-state index contributed by atoms with van der Waals surface area (Å²) in [5.74, 6) is -0.356. The molecule has 1 N–H and O–H groups in total. The van der Waals surface area contributed by atoms with E-state index in [1.807, 2.05) is 24.3 Å². The largest absolute Gasteiger partial charge is 0.322 e. The number of piperidine rings is 1. The molecule has 0 saturated carbocycles. The highest BCUT2D eigenvalue weighted by molar-refractivity contribution is 9.10. The Morgan fingerprint density at radius 3 is 2.50 bits per heavy atom. The minimum atomic E-state index is -3.56. The van der Waals surface area contributed by atoms with Crippen molar-refractivity contribution in [3.63, 3.8) is 0 Å². The number of rotatable bonds is 5. The van der Waals surface area contributed by atoms with Crippen molar-refractivity contribution in [3.05, 3.63) is 71.0 Å². The fraction of sp³-hybridized carbons (Fsp3) is 0.238. The number of hydrogen-bond donors (Lipinski definition) is 1. The number of sulfonamides is 1. The summed E-state index contributed by atoms with van der Waals surface area (Å²) in [4.78, 5) is 12.8. The molecule has 1 aromatic heterocycles. The van der Waals surface area contributed by atoms with Crippen molar-refractivity contribution < 1.29 is 13.2 Å². The molecule has 1 aliphatic heterocycles. The van der Waals surface area contributed by atoms with Crippen molar-refractivity contribution in [1.29, 1.82) is 0 Å². The lowest BCUT2D eigenvalue weighted by Gasteiger charge is -2.26. The average Bonchev–Trinajstić information content (AvgIpc) is 3.25. The molecule has 0 bridgehead atoms. The third-order valence-electron chi connectivity index (χ3n) is 4.98. The van der Waals surface area contributed by atoms with Crippen LogP contribution in [0, 0.1) is 0 Å². The Morgan fingerprint density at radius 2 is 1.77 bits per heavy atom. The van der Waals surface area contributed by atoms with Gasteiger partial charge in [-0.1, -0.05) is 28.4 Å². The van der Waals surface area contributed by atoms with Crippen LogP contribution in [0.5, 0.6) is 0 Å². The Balaban J connectivity index is 1.50. The van der Waals surface area contributed by atoms with E-state index in [-0.39, 0.29) is 10.8 Å². The summed E-state index contributed by atoms with van der Waals surface area (Å²) in [6.07, 6.45) is 5.91. The molecule has 2 heterocycles. The van der Waals surface area contributed by atoms with Gasteiger partial charge in [0.1, 0.15) is 0 Å². The van der Waals surface area contributed by atoms with Crippen LogP contribution in [-0.4, -0.2) is 41.5 Å². The van der Waals surface area contributed by atoms with Crippen LogP contribution in [0.4, 0.5) is 5.69 Å². The summed E-state index contributed by atoms with van der Waals surface area (Å²) >= 11 is 3.39. The van der Waals surface area contributed by atoms with Gasteiger partial charge < -0.3 is 5.32 Å². The maximum Gasteiger partial charge on any atom is 0.258 e. The van der Waals surface area contributed by atoms with E-state index < -0.39 is 10.0 Å². The molecule has 9 heteroatoms. The van der Waals surface area contributed by atoms with Gasteiger partial charge in [-0.25, -0.2) is 13.1 Å². The third-order valence-corrected chi connectivity index (χ3v) is 7.40. The summed E-state index contributed by atoms with van der Waals surface area (Å²) in [7, 11) is -3.56. The molecule has 1 saturated heterocycles. The molecule has 4 rings (SSSR count). The Hall–Kier alpha value is -2.49. The predicted molar refractivity (Wildman–Crippen MR) is 118 cm³/mol. The van der Waals surface area contributed by atoms with E-state index in [9.17, 15) is 13.2 Å². The monoisotopic (exact) mass is 488 g/mol. The van der Waals surface area contributed by atoms with E-state index in [1.54, 1.807) is 29.1 Å². The van der Waals surface area contributed by atoms with Crippen LogP contribution in [0.25, 0.3) is 5.69 Å². The first-order valence-corrected chi connectivity index (χ1v) is 11.9. The zero-order valence-corrected chi connectivity index (χ0v) is 18.6. The van der Waals surface area contributed by atoms with Crippen molar-refractivity contribution in [2.75, 3.05) is 18.4 Å². The lowest BCUT2D eigenvalue weighted by Crippen LogP contribution is -2.35. The number of amides is 1. The Labute approximate surface area is 183 Å². The van der Waals surface area contributed by atoms with Gasteiger partial charge in [0.25, 0.3) is 5.91 Å². The van der Waals surface area contributed by atoms with Crippen molar-refractivity contribution in [2.45, 2.75) is 24.2 Å². The molecular formula is C21H21BrN4O3S. The third kappa shape index (κ3) is 4.48. The highest BCUT2D eigenvalue weighted by atomic mass is 79.9. The van der Waals surface area contributed by atoms with Gasteiger partial charge in [-0.3, -0.25) is 4.79 Å². The highest BCUT2D eigenvalue weighted by Crippen LogP contribution is 2.23. The minimum Gasteiger partial charge on any atom is -0.322 e. The van der Waals surface area contributed by atoms with Crippen LogP contribution >= 0.6 is 15.9 Å². The van der Waals surface area contributed by atoms with Crippen molar-refractivity contribution in [2.24, 2.45) is 0 Å². The zero-order chi connectivity index (χ0) is 21.1.